The summed E-state index contributed by atoms with van der Waals surface area (Å²) in [5.74, 6) is -0.235. The molecule has 0 aliphatic rings. The van der Waals surface area contributed by atoms with Crippen molar-refractivity contribution in [2.45, 2.75) is 27.7 Å². The van der Waals surface area contributed by atoms with Gasteiger partial charge in [-0.05, 0) is 85.1 Å². The number of rotatable bonds is 7. The average Bonchev–Trinajstić information content (AvgIpc) is 2.90. The Labute approximate surface area is 230 Å². The molecule has 0 bridgehead atoms. The SMILES string of the molecule is CC(=O)Nc1cc(Nc2nc(F)nc(Nc3ccc(C)cc3)n2)ccc1N=Nc1cc(C)c2cccc(C)c2c1. The monoisotopic (exact) mass is 534 g/mol. The molecule has 1 amide bonds. The van der Waals surface area contributed by atoms with Crippen LogP contribution in [0.25, 0.3) is 10.8 Å². The van der Waals surface area contributed by atoms with Crippen molar-refractivity contribution in [2.75, 3.05) is 16.0 Å². The molecule has 0 aliphatic carbocycles. The summed E-state index contributed by atoms with van der Waals surface area (Å²) in [4.78, 5) is 23.7. The Hall–Kier alpha value is -5.25. The first-order chi connectivity index (χ1) is 19.2. The molecule has 200 valence electrons. The molecule has 0 radical (unpaired) electrons. The average molecular weight is 535 g/mol. The van der Waals surface area contributed by atoms with E-state index in [0.717, 1.165) is 22.1 Å². The Balaban J connectivity index is 1.41. The number of nitrogens with zero attached hydrogens (tertiary/aromatic N) is 5. The highest BCUT2D eigenvalue weighted by Gasteiger charge is 2.11. The molecular formula is C30H27FN8O. The van der Waals surface area contributed by atoms with Crippen molar-refractivity contribution >= 4 is 57.0 Å². The number of benzene rings is 4. The van der Waals surface area contributed by atoms with Gasteiger partial charge < -0.3 is 16.0 Å². The van der Waals surface area contributed by atoms with Crippen LogP contribution in [0, 0.1) is 26.8 Å². The molecule has 1 heterocycles. The van der Waals surface area contributed by atoms with E-state index in [4.69, 9.17) is 0 Å². The zero-order valence-corrected chi connectivity index (χ0v) is 22.5. The molecule has 0 unspecified atom stereocenters. The topological polar surface area (TPSA) is 117 Å². The van der Waals surface area contributed by atoms with Crippen molar-refractivity contribution in [1.29, 1.82) is 0 Å². The zero-order valence-electron chi connectivity index (χ0n) is 22.5. The summed E-state index contributed by atoms with van der Waals surface area (Å²) < 4.78 is 14.2. The van der Waals surface area contributed by atoms with Gasteiger partial charge in [-0.1, -0.05) is 35.9 Å². The van der Waals surface area contributed by atoms with Crippen molar-refractivity contribution in [3.63, 3.8) is 0 Å². The summed E-state index contributed by atoms with van der Waals surface area (Å²) in [5.41, 5.74) is 6.12. The number of aromatic nitrogens is 3. The first kappa shape index (κ1) is 26.4. The Morgan fingerprint density at radius 3 is 2.17 bits per heavy atom. The van der Waals surface area contributed by atoms with Crippen molar-refractivity contribution < 1.29 is 9.18 Å². The van der Waals surface area contributed by atoms with Gasteiger partial charge in [-0.2, -0.15) is 24.5 Å². The highest BCUT2D eigenvalue weighted by Crippen LogP contribution is 2.33. The fraction of sp³-hybridized carbons (Fsp3) is 0.133. The molecule has 5 aromatic rings. The third-order valence-electron chi connectivity index (χ3n) is 6.16. The van der Waals surface area contributed by atoms with Crippen LogP contribution in [0.1, 0.15) is 23.6 Å². The Morgan fingerprint density at radius 1 is 0.750 bits per heavy atom. The van der Waals surface area contributed by atoms with Gasteiger partial charge in [0.15, 0.2) is 0 Å². The summed E-state index contributed by atoms with van der Waals surface area (Å²) in [6, 6.07) is 22.7. The predicted molar refractivity (Wildman–Crippen MR) is 156 cm³/mol. The van der Waals surface area contributed by atoms with Gasteiger partial charge in [-0.25, -0.2) is 0 Å². The van der Waals surface area contributed by atoms with Gasteiger partial charge in [0.2, 0.25) is 17.8 Å². The lowest BCUT2D eigenvalue weighted by Crippen LogP contribution is -2.08. The van der Waals surface area contributed by atoms with Crippen LogP contribution in [-0.4, -0.2) is 20.9 Å². The largest absolute Gasteiger partial charge is 0.324 e. The summed E-state index contributed by atoms with van der Waals surface area (Å²) in [6.07, 6.45) is -0.944. The van der Waals surface area contributed by atoms with Crippen LogP contribution in [0.2, 0.25) is 0 Å². The van der Waals surface area contributed by atoms with Gasteiger partial charge >= 0.3 is 6.08 Å². The molecule has 1 aromatic heterocycles. The smallest absolute Gasteiger partial charge is 0.315 e. The molecule has 0 saturated carbocycles. The molecule has 10 heteroatoms. The van der Waals surface area contributed by atoms with Gasteiger partial charge in [-0.3, -0.25) is 4.79 Å². The van der Waals surface area contributed by atoms with Crippen LogP contribution in [0.5, 0.6) is 0 Å². The zero-order chi connectivity index (χ0) is 28.2. The molecule has 3 N–H and O–H groups in total. The van der Waals surface area contributed by atoms with E-state index in [1.54, 1.807) is 18.2 Å². The van der Waals surface area contributed by atoms with Crippen molar-refractivity contribution in [3.05, 3.63) is 95.6 Å². The van der Waals surface area contributed by atoms with E-state index in [1.807, 2.05) is 56.3 Å². The van der Waals surface area contributed by atoms with Crippen LogP contribution in [0.15, 0.2) is 83.0 Å². The maximum absolute atomic E-state index is 14.2. The number of hydrogen-bond acceptors (Lipinski definition) is 8. The molecule has 4 aromatic carbocycles. The van der Waals surface area contributed by atoms with E-state index in [9.17, 15) is 9.18 Å². The van der Waals surface area contributed by atoms with Crippen molar-refractivity contribution in [3.8, 4) is 0 Å². The van der Waals surface area contributed by atoms with E-state index < -0.39 is 6.08 Å². The van der Waals surface area contributed by atoms with Crippen LogP contribution in [0.4, 0.5) is 44.7 Å². The number of nitrogens with one attached hydrogen (secondary N) is 3. The predicted octanol–water partition coefficient (Wildman–Crippen LogP) is 7.95. The minimum Gasteiger partial charge on any atom is -0.324 e. The molecule has 40 heavy (non-hydrogen) atoms. The lowest BCUT2D eigenvalue weighted by atomic mass is 10.0. The van der Waals surface area contributed by atoms with E-state index in [2.05, 4.69) is 60.2 Å². The Bertz CT molecular complexity index is 1750. The van der Waals surface area contributed by atoms with Gasteiger partial charge in [0.05, 0.1) is 11.4 Å². The minimum absolute atomic E-state index is 0.00716. The third kappa shape index (κ3) is 6.24. The quantitative estimate of drug-likeness (QED) is 0.182. The van der Waals surface area contributed by atoms with Crippen LogP contribution < -0.4 is 16.0 Å². The summed E-state index contributed by atoms with van der Waals surface area (Å²) in [6.45, 7) is 7.47. The normalized spacial score (nSPS) is 11.1. The van der Waals surface area contributed by atoms with E-state index in [-0.39, 0.29) is 17.8 Å². The number of halogens is 1. The highest BCUT2D eigenvalue weighted by atomic mass is 19.1. The van der Waals surface area contributed by atoms with Crippen LogP contribution in [0.3, 0.4) is 0 Å². The second-order valence-electron chi connectivity index (χ2n) is 9.41. The van der Waals surface area contributed by atoms with Crippen LogP contribution in [-0.2, 0) is 4.79 Å². The maximum Gasteiger partial charge on any atom is 0.315 e. The number of carbonyl (C=O) groups is 1. The lowest BCUT2D eigenvalue weighted by molar-refractivity contribution is -0.114. The Kier molecular flexibility index (Phi) is 7.41. The lowest BCUT2D eigenvalue weighted by Gasteiger charge is -2.11. The highest BCUT2D eigenvalue weighted by molar-refractivity contribution is 5.93. The second-order valence-corrected chi connectivity index (χ2v) is 9.41. The molecule has 0 fully saturated rings. The molecule has 9 nitrogen and oxygen atoms in total. The van der Waals surface area contributed by atoms with E-state index >= 15 is 0 Å². The standard InChI is InChI=1S/C30H27FN8O/c1-17-8-10-21(11-9-17)33-29-35-28(31)36-30(37-29)34-22-12-13-26(27(16-22)32-20(4)40)39-38-23-14-19(3)24-7-5-6-18(2)25(24)15-23/h5-16H,1-4H3,(H,32,40)(H2,33,34,35,36,37). The number of carbonyl (C=O) groups excluding carboxylic acids is 1. The Morgan fingerprint density at radius 2 is 1.45 bits per heavy atom. The summed E-state index contributed by atoms with van der Waals surface area (Å²) in [7, 11) is 0. The molecule has 5 rings (SSSR count). The number of azo groups is 1. The fourth-order valence-electron chi connectivity index (χ4n) is 4.22. The number of fused-ring (bicyclic) bond motifs is 1. The van der Waals surface area contributed by atoms with Crippen molar-refractivity contribution in [1.82, 2.24) is 15.0 Å². The van der Waals surface area contributed by atoms with Gasteiger partial charge in [0.25, 0.3) is 0 Å². The van der Waals surface area contributed by atoms with Gasteiger partial charge in [0, 0.05) is 18.3 Å². The molecule has 0 aliphatic heterocycles. The fourth-order valence-corrected chi connectivity index (χ4v) is 4.22. The molecule has 0 spiro atoms. The minimum atomic E-state index is -0.944. The van der Waals surface area contributed by atoms with E-state index in [1.165, 1.54) is 12.3 Å². The van der Waals surface area contributed by atoms with Crippen molar-refractivity contribution in [2.24, 2.45) is 10.2 Å². The van der Waals surface area contributed by atoms with Gasteiger partial charge in [0.1, 0.15) is 5.69 Å². The number of hydrogen-bond donors (Lipinski definition) is 3. The summed E-state index contributed by atoms with van der Waals surface area (Å²) >= 11 is 0. The first-order valence-corrected chi connectivity index (χ1v) is 12.6. The molecular weight excluding hydrogens is 507 g/mol. The molecule has 0 saturated heterocycles. The molecule has 0 atom stereocenters. The third-order valence-corrected chi connectivity index (χ3v) is 6.16. The second kappa shape index (κ2) is 11.2. The van der Waals surface area contributed by atoms with Crippen LogP contribution >= 0.6 is 0 Å². The number of anilines is 5. The summed E-state index contributed by atoms with van der Waals surface area (Å²) in [5, 5.41) is 19.8. The number of aryl methyl sites for hydroxylation is 3. The maximum atomic E-state index is 14.2. The van der Waals surface area contributed by atoms with Gasteiger partial charge in [-0.15, -0.1) is 5.11 Å². The first-order valence-electron chi connectivity index (χ1n) is 12.6. The number of amides is 1. The van der Waals surface area contributed by atoms with E-state index in [0.29, 0.717) is 28.4 Å².